The molecule has 0 saturated heterocycles. The summed E-state index contributed by atoms with van der Waals surface area (Å²) in [4.78, 5) is 22.5. The summed E-state index contributed by atoms with van der Waals surface area (Å²) >= 11 is 0. The molecule has 0 unspecified atom stereocenters. The van der Waals surface area contributed by atoms with E-state index in [0.717, 1.165) is 19.3 Å². The number of carbonyl (C=O) groups excluding carboxylic acids is 2. The minimum absolute atomic E-state index is 0. The van der Waals surface area contributed by atoms with Gasteiger partial charge >= 0.3 is 80.9 Å². The van der Waals surface area contributed by atoms with E-state index in [1.165, 1.54) is 0 Å². The zero-order chi connectivity index (χ0) is 12.3. The summed E-state index contributed by atoms with van der Waals surface area (Å²) in [6.07, 6.45) is 4.10. The minimum atomic E-state index is -1.82. The first-order valence-electron chi connectivity index (χ1n) is 5.87. The fourth-order valence-electron chi connectivity index (χ4n) is 2.92. The molecule has 0 aromatic carbocycles. The van der Waals surface area contributed by atoms with E-state index in [0.29, 0.717) is 12.8 Å². The molecule has 0 spiro atoms. The van der Waals surface area contributed by atoms with Crippen LogP contribution in [0.4, 0.5) is 0 Å². The molecular weight excluding hydrogens is 270 g/mol. The van der Waals surface area contributed by atoms with Crippen LogP contribution in [0.25, 0.3) is 0 Å². The average Bonchev–Trinajstić information content (AvgIpc) is 2.18. The van der Waals surface area contributed by atoms with Gasteiger partial charge in [-0.25, -0.2) is 0 Å². The second kappa shape index (κ2) is 9.50. The number of aliphatic carboxylic acids is 2. The Balaban J connectivity index is 0. The molecule has 0 atom stereocenters. The Morgan fingerprint density at radius 2 is 1.44 bits per heavy atom. The maximum absolute atomic E-state index is 11.3. The molecule has 1 aliphatic carbocycles. The molecule has 0 radical (unpaired) electrons. The van der Waals surface area contributed by atoms with Gasteiger partial charge in [0.1, 0.15) is 0 Å². The van der Waals surface area contributed by atoms with Gasteiger partial charge in [0.2, 0.25) is 0 Å². The van der Waals surface area contributed by atoms with Gasteiger partial charge in [-0.1, -0.05) is 33.1 Å². The first kappa shape index (κ1) is 21.9. The third-order valence-corrected chi connectivity index (χ3v) is 3.84. The van der Waals surface area contributed by atoms with Crippen molar-refractivity contribution in [2.45, 2.75) is 46.0 Å². The molecule has 1 aliphatic rings. The van der Waals surface area contributed by atoms with Gasteiger partial charge in [-0.2, -0.15) is 0 Å². The largest absolute Gasteiger partial charge is 1.00 e. The number of carboxylic acids is 2. The van der Waals surface area contributed by atoms with Gasteiger partial charge < -0.3 is 19.8 Å². The predicted molar refractivity (Wildman–Crippen MR) is 53.9 cm³/mol. The van der Waals surface area contributed by atoms with E-state index in [2.05, 4.69) is 0 Å². The van der Waals surface area contributed by atoms with Crippen LogP contribution in [-0.4, -0.2) is 11.9 Å². The topological polar surface area (TPSA) is 80.3 Å². The summed E-state index contributed by atoms with van der Waals surface area (Å²) in [5.41, 5.74) is -1.82. The maximum atomic E-state index is 11.3. The van der Waals surface area contributed by atoms with E-state index in [4.69, 9.17) is 0 Å². The van der Waals surface area contributed by atoms with Gasteiger partial charge in [-0.3, -0.25) is 0 Å². The molecular formula is C12H18KNaO4. The van der Waals surface area contributed by atoms with Crippen LogP contribution in [0.3, 0.4) is 0 Å². The summed E-state index contributed by atoms with van der Waals surface area (Å²) in [5.74, 6) is -3.84. The second-order valence-corrected chi connectivity index (χ2v) is 4.93. The van der Waals surface area contributed by atoms with Gasteiger partial charge in [-0.05, 0) is 24.7 Å². The molecule has 0 bridgehead atoms. The van der Waals surface area contributed by atoms with Crippen LogP contribution in [0.15, 0.2) is 0 Å². The second-order valence-electron chi connectivity index (χ2n) is 4.93. The van der Waals surface area contributed by atoms with Gasteiger partial charge in [0.15, 0.2) is 0 Å². The molecule has 92 valence electrons. The van der Waals surface area contributed by atoms with Crippen LogP contribution in [0.2, 0.25) is 0 Å². The number of carbonyl (C=O) groups is 2. The Hall–Kier alpha value is 1.58. The molecule has 1 rings (SSSR count). The molecule has 6 heteroatoms. The number of carboxylic acid groups (broad SMARTS) is 2. The van der Waals surface area contributed by atoms with E-state index in [1.54, 1.807) is 13.8 Å². The molecule has 18 heavy (non-hydrogen) atoms. The molecule has 4 nitrogen and oxygen atoms in total. The third-order valence-electron chi connectivity index (χ3n) is 3.84. The van der Waals surface area contributed by atoms with Crippen molar-refractivity contribution in [1.82, 2.24) is 0 Å². The Morgan fingerprint density at radius 1 is 1.06 bits per heavy atom. The van der Waals surface area contributed by atoms with Gasteiger partial charge in [0.25, 0.3) is 0 Å². The number of rotatable bonds is 4. The first-order chi connectivity index (χ1) is 7.44. The molecule has 0 N–H and O–H groups in total. The van der Waals surface area contributed by atoms with Crippen molar-refractivity contribution in [3.8, 4) is 0 Å². The SMILES string of the molecule is CC(C)C(C(=O)[O-])(C(=O)[O-])C1CCCCC1.[K+].[Na+]. The van der Waals surface area contributed by atoms with Crippen LogP contribution in [0, 0.1) is 17.3 Å². The van der Waals surface area contributed by atoms with Crippen molar-refractivity contribution in [2.24, 2.45) is 17.3 Å². The fourth-order valence-corrected chi connectivity index (χ4v) is 2.92. The van der Waals surface area contributed by atoms with Crippen molar-refractivity contribution in [1.29, 1.82) is 0 Å². The van der Waals surface area contributed by atoms with Crippen molar-refractivity contribution < 1.29 is 101 Å². The van der Waals surface area contributed by atoms with E-state index >= 15 is 0 Å². The smallest absolute Gasteiger partial charge is 0.549 e. The van der Waals surface area contributed by atoms with Crippen LogP contribution in [0.5, 0.6) is 0 Å². The molecule has 0 aromatic heterocycles. The summed E-state index contributed by atoms with van der Waals surface area (Å²) in [7, 11) is 0. The predicted octanol–water partition coefficient (Wildman–Crippen LogP) is -6.28. The van der Waals surface area contributed by atoms with E-state index in [1.807, 2.05) is 0 Å². The summed E-state index contributed by atoms with van der Waals surface area (Å²) in [6.45, 7) is 3.22. The van der Waals surface area contributed by atoms with Crippen LogP contribution < -0.4 is 91.2 Å². The van der Waals surface area contributed by atoms with E-state index in [-0.39, 0.29) is 86.9 Å². The van der Waals surface area contributed by atoms with Gasteiger partial charge in [0, 0.05) is 0 Å². The Morgan fingerprint density at radius 3 is 1.72 bits per heavy atom. The minimum Gasteiger partial charge on any atom is -0.549 e. The Kier molecular flexibility index (Phi) is 11.5. The maximum Gasteiger partial charge on any atom is 1.00 e. The molecule has 0 aromatic rings. The summed E-state index contributed by atoms with van der Waals surface area (Å²) in [5, 5.41) is 22.5. The quantitative estimate of drug-likeness (QED) is 0.381. The molecule has 0 aliphatic heterocycles. The van der Waals surface area contributed by atoms with Gasteiger partial charge in [-0.15, -0.1) is 0 Å². The molecule has 0 amide bonds. The Bertz CT molecular complexity index is 274. The number of hydrogen-bond donors (Lipinski definition) is 0. The normalized spacial score (nSPS) is 16.6. The summed E-state index contributed by atoms with van der Waals surface area (Å²) in [6, 6.07) is 0. The third kappa shape index (κ3) is 4.28. The summed E-state index contributed by atoms with van der Waals surface area (Å²) < 4.78 is 0. The van der Waals surface area contributed by atoms with E-state index < -0.39 is 23.3 Å². The van der Waals surface area contributed by atoms with Crippen LogP contribution in [-0.2, 0) is 9.59 Å². The van der Waals surface area contributed by atoms with Gasteiger partial charge in [0.05, 0.1) is 17.4 Å². The monoisotopic (exact) mass is 288 g/mol. The van der Waals surface area contributed by atoms with Crippen LogP contribution >= 0.6 is 0 Å². The zero-order valence-electron chi connectivity index (χ0n) is 11.8. The molecule has 0 heterocycles. The average molecular weight is 288 g/mol. The van der Waals surface area contributed by atoms with Crippen molar-refractivity contribution in [2.75, 3.05) is 0 Å². The van der Waals surface area contributed by atoms with E-state index in [9.17, 15) is 19.8 Å². The number of hydrogen-bond acceptors (Lipinski definition) is 4. The first-order valence-corrected chi connectivity index (χ1v) is 5.87. The molecule has 1 saturated carbocycles. The van der Waals surface area contributed by atoms with Crippen molar-refractivity contribution in [3.63, 3.8) is 0 Å². The molecule has 1 fully saturated rings. The fraction of sp³-hybridized carbons (Fsp3) is 0.833. The van der Waals surface area contributed by atoms with Crippen LogP contribution in [0.1, 0.15) is 46.0 Å². The van der Waals surface area contributed by atoms with Crippen molar-refractivity contribution >= 4 is 11.9 Å². The zero-order valence-corrected chi connectivity index (χ0v) is 16.9. The Labute approximate surface area is 173 Å². The standard InChI is InChI=1S/C12H20O4.K.Na/c1-8(2)12(10(13)14,11(15)16)9-6-4-3-5-7-9;;/h8-9H,3-7H2,1-2H3,(H,13,14)(H,15,16);;/q;2*+1/p-2. The van der Waals surface area contributed by atoms with Crippen molar-refractivity contribution in [3.05, 3.63) is 0 Å².